The summed E-state index contributed by atoms with van der Waals surface area (Å²) in [7, 11) is 1.99. The molecule has 1 aromatic carbocycles. The van der Waals surface area contributed by atoms with E-state index in [1.807, 2.05) is 25.2 Å². The van der Waals surface area contributed by atoms with Crippen LogP contribution in [-0.4, -0.2) is 21.5 Å². The summed E-state index contributed by atoms with van der Waals surface area (Å²) in [6.45, 7) is 1.33. The Morgan fingerprint density at radius 1 is 1.35 bits per heavy atom. The molecule has 1 aliphatic heterocycles. The van der Waals surface area contributed by atoms with Gasteiger partial charge in [-0.15, -0.1) is 0 Å². The molecule has 4 nitrogen and oxygen atoms in total. The fourth-order valence-corrected chi connectivity index (χ4v) is 2.95. The van der Waals surface area contributed by atoms with Crippen molar-refractivity contribution in [2.45, 2.75) is 13.1 Å². The molecule has 0 aliphatic carbocycles. The Morgan fingerprint density at radius 2 is 2.15 bits per heavy atom. The van der Waals surface area contributed by atoms with E-state index in [1.54, 1.807) is 10.6 Å². The second kappa shape index (κ2) is 5.13. The van der Waals surface area contributed by atoms with Crippen LogP contribution in [0.2, 0.25) is 5.02 Å². The van der Waals surface area contributed by atoms with Crippen LogP contribution in [0.1, 0.15) is 17.0 Å². The van der Waals surface area contributed by atoms with Gasteiger partial charge >= 0.3 is 5.69 Å². The van der Waals surface area contributed by atoms with Gasteiger partial charge in [0.05, 0.1) is 17.1 Å². The number of rotatable bonds is 1. The maximum Gasteiger partial charge on any atom is 0.330 e. The molecule has 1 aromatic heterocycles. The number of imidazole rings is 1. The van der Waals surface area contributed by atoms with Gasteiger partial charge in [0.15, 0.2) is 0 Å². The number of H-pyrrole nitrogens is 1. The molecule has 0 unspecified atom stereocenters. The molecule has 20 heavy (non-hydrogen) atoms. The van der Waals surface area contributed by atoms with Gasteiger partial charge in [-0.05, 0) is 25.3 Å². The maximum atomic E-state index is 12.3. The first kappa shape index (κ1) is 13.5. The average Bonchev–Trinajstić information content (AvgIpc) is 2.60. The molecular weight excluding hydrogens is 297 g/mol. The van der Waals surface area contributed by atoms with Gasteiger partial charge < -0.3 is 4.98 Å². The van der Waals surface area contributed by atoms with Crippen LogP contribution in [0.3, 0.4) is 0 Å². The third-order valence-electron chi connectivity index (χ3n) is 3.44. The Hall–Kier alpha value is -1.49. The summed E-state index contributed by atoms with van der Waals surface area (Å²) >= 11 is 11.9. The maximum absolute atomic E-state index is 12.3. The van der Waals surface area contributed by atoms with Crippen LogP contribution in [-0.2, 0) is 13.1 Å². The number of aromatic nitrogens is 2. The molecule has 0 saturated carbocycles. The van der Waals surface area contributed by atoms with Gasteiger partial charge in [-0.2, -0.15) is 0 Å². The van der Waals surface area contributed by atoms with E-state index in [0.717, 1.165) is 22.6 Å². The molecule has 3 rings (SSSR count). The van der Waals surface area contributed by atoms with Gasteiger partial charge in [-0.3, -0.25) is 9.47 Å². The van der Waals surface area contributed by atoms with Crippen molar-refractivity contribution in [1.29, 1.82) is 0 Å². The van der Waals surface area contributed by atoms with Crippen molar-refractivity contribution in [3.8, 4) is 5.69 Å². The van der Waals surface area contributed by atoms with Crippen molar-refractivity contribution >= 4 is 29.3 Å². The molecule has 0 bridgehead atoms. The number of fused-ring (bicyclic) bond motifs is 3. The first-order valence-electron chi connectivity index (χ1n) is 6.18. The highest BCUT2D eigenvalue weighted by Crippen LogP contribution is 2.29. The molecule has 2 heterocycles. The zero-order valence-corrected chi connectivity index (χ0v) is 12.4. The molecule has 2 aromatic rings. The molecule has 0 atom stereocenters. The molecule has 0 radical (unpaired) electrons. The summed E-state index contributed by atoms with van der Waals surface area (Å²) in [6, 6.07) is 5.61. The lowest BCUT2D eigenvalue weighted by molar-refractivity contribution is 0.319. The molecule has 1 N–H and O–H groups in total. The largest absolute Gasteiger partial charge is 0.330 e. The van der Waals surface area contributed by atoms with E-state index >= 15 is 0 Å². The van der Waals surface area contributed by atoms with Crippen LogP contribution < -0.4 is 5.69 Å². The Morgan fingerprint density at radius 3 is 2.90 bits per heavy atom. The number of benzene rings is 1. The minimum atomic E-state index is -0.177. The third-order valence-corrected chi connectivity index (χ3v) is 3.92. The topological polar surface area (TPSA) is 41.0 Å². The summed E-state index contributed by atoms with van der Waals surface area (Å²) in [4.78, 5) is 17.2. The minimum absolute atomic E-state index is 0.177. The quantitative estimate of drug-likeness (QED) is 0.880. The highest BCUT2D eigenvalue weighted by molar-refractivity contribution is 6.31. The zero-order valence-electron chi connectivity index (χ0n) is 10.9. The van der Waals surface area contributed by atoms with Crippen molar-refractivity contribution in [2.75, 3.05) is 7.05 Å². The van der Waals surface area contributed by atoms with E-state index in [2.05, 4.69) is 9.88 Å². The standard InChI is InChI=1S/C14H13Cl2N3O/c1-18-7-9-10(16)3-2-4-12(9)19-13(8-18)11(5-6-15)17-14(19)20/h2-6H,7-8H2,1H3,(H,17,20)/b6-5-. The lowest BCUT2D eigenvalue weighted by Crippen LogP contribution is -2.18. The number of aromatic amines is 1. The van der Waals surface area contributed by atoms with Crippen molar-refractivity contribution < 1.29 is 0 Å². The van der Waals surface area contributed by atoms with E-state index in [4.69, 9.17) is 23.2 Å². The lowest BCUT2D eigenvalue weighted by Gasteiger charge is -2.14. The van der Waals surface area contributed by atoms with Crippen molar-refractivity contribution in [1.82, 2.24) is 14.5 Å². The predicted octanol–water partition coefficient (Wildman–Crippen LogP) is 2.97. The molecule has 104 valence electrons. The van der Waals surface area contributed by atoms with E-state index in [1.165, 1.54) is 5.54 Å². The van der Waals surface area contributed by atoms with Gasteiger partial charge in [0.2, 0.25) is 0 Å². The lowest BCUT2D eigenvalue weighted by atomic mass is 10.1. The van der Waals surface area contributed by atoms with Crippen LogP contribution in [0.5, 0.6) is 0 Å². The van der Waals surface area contributed by atoms with E-state index in [9.17, 15) is 4.79 Å². The third kappa shape index (κ3) is 2.10. The molecular formula is C14H13Cl2N3O. The van der Waals surface area contributed by atoms with Crippen molar-refractivity contribution in [3.63, 3.8) is 0 Å². The van der Waals surface area contributed by atoms with Crippen LogP contribution in [0.25, 0.3) is 11.8 Å². The Balaban J connectivity index is 2.35. The van der Waals surface area contributed by atoms with Crippen molar-refractivity contribution in [3.05, 3.63) is 56.2 Å². The summed E-state index contributed by atoms with van der Waals surface area (Å²) in [5, 5.41) is 0.671. The molecule has 0 amide bonds. The van der Waals surface area contributed by atoms with Gasteiger partial charge in [-0.25, -0.2) is 4.79 Å². The van der Waals surface area contributed by atoms with Gasteiger partial charge in [0.25, 0.3) is 0 Å². The van der Waals surface area contributed by atoms with E-state index in [0.29, 0.717) is 18.1 Å². The Labute approximate surface area is 126 Å². The second-order valence-corrected chi connectivity index (χ2v) is 5.49. The van der Waals surface area contributed by atoms with Crippen LogP contribution in [0.15, 0.2) is 28.5 Å². The number of nitrogens with one attached hydrogen (secondary N) is 1. The first-order chi connectivity index (χ1) is 9.61. The summed E-state index contributed by atoms with van der Waals surface area (Å²) in [5.74, 6) is 0. The van der Waals surface area contributed by atoms with Crippen LogP contribution in [0, 0.1) is 0 Å². The zero-order chi connectivity index (χ0) is 14.3. The number of hydrogen-bond donors (Lipinski definition) is 1. The predicted molar refractivity (Wildman–Crippen MR) is 81.5 cm³/mol. The summed E-state index contributed by atoms with van der Waals surface area (Å²) < 4.78 is 1.68. The second-order valence-electron chi connectivity index (χ2n) is 4.83. The molecule has 1 aliphatic rings. The Bertz CT molecular complexity index is 745. The minimum Gasteiger partial charge on any atom is -0.305 e. The fourth-order valence-electron chi connectivity index (χ4n) is 2.59. The number of nitrogens with zero attached hydrogens (tertiary/aromatic N) is 2. The molecule has 0 spiro atoms. The van der Waals surface area contributed by atoms with E-state index < -0.39 is 0 Å². The molecule has 0 saturated heterocycles. The SMILES string of the molecule is CN1Cc2c(Cl)cccc2-n2c(c(/C=C\Cl)[nH]c2=O)C1. The van der Waals surface area contributed by atoms with Gasteiger partial charge in [0.1, 0.15) is 0 Å². The highest BCUT2D eigenvalue weighted by Gasteiger charge is 2.23. The number of halogens is 2. The summed E-state index contributed by atoms with van der Waals surface area (Å²) in [5.41, 5.74) is 4.62. The Kier molecular flexibility index (Phi) is 3.46. The fraction of sp³-hybridized carbons (Fsp3) is 0.214. The highest BCUT2D eigenvalue weighted by atomic mass is 35.5. The molecule has 0 fully saturated rings. The van der Waals surface area contributed by atoms with Crippen LogP contribution >= 0.6 is 23.2 Å². The van der Waals surface area contributed by atoms with Gasteiger partial charge in [0, 0.05) is 29.2 Å². The average molecular weight is 310 g/mol. The van der Waals surface area contributed by atoms with E-state index in [-0.39, 0.29) is 5.69 Å². The summed E-state index contributed by atoms with van der Waals surface area (Å²) in [6.07, 6.45) is 1.69. The van der Waals surface area contributed by atoms with Crippen LogP contribution in [0.4, 0.5) is 0 Å². The van der Waals surface area contributed by atoms with Gasteiger partial charge in [-0.1, -0.05) is 29.3 Å². The number of hydrogen-bond acceptors (Lipinski definition) is 2. The van der Waals surface area contributed by atoms with Crippen molar-refractivity contribution in [2.24, 2.45) is 0 Å². The normalized spacial score (nSPS) is 15.2. The first-order valence-corrected chi connectivity index (χ1v) is 7.00. The monoisotopic (exact) mass is 309 g/mol. The smallest absolute Gasteiger partial charge is 0.305 e. The molecule has 6 heteroatoms.